The maximum atomic E-state index is 11.6. The molecule has 1 aliphatic heterocycles. The van der Waals surface area contributed by atoms with E-state index in [1.807, 2.05) is 6.92 Å². The number of carbonyl (C=O) groups excluding carboxylic acids is 2. The number of hydrogen-bond acceptors (Lipinski definition) is 4. The second-order valence-electron chi connectivity index (χ2n) is 3.88. The average molecular weight is 237 g/mol. The number of esters is 1. The highest BCUT2D eigenvalue weighted by atomic mass is 35.5. The molecule has 1 amide bonds. The second kappa shape index (κ2) is 5.32. The zero-order valence-corrected chi connectivity index (χ0v) is 9.94. The minimum Gasteiger partial charge on any atom is -0.467 e. The van der Waals surface area contributed by atoms with E-state index >= 15 is 0 Å². The van der Waals surface area contributed by atoms with Crippen LogP contribution in [0.15, 0.2) is 0 Å². The van der Waals surface area contributed by atoms with Crippen LogP contribution in [0.5, 0.6) is 0 Å². The molecule has 0 aromatic carbocycles. The van der Waals surface area contributed by atoms with E-state index in [2.05, 4.69) is 15.4 Å². The molecule has 15 heavy (non-hydrogen) atoms. The van der Waals surface area contributed by atoms with Gasteiger partial charge in [-0.3, -0.25) is 4.79 Å². The summed E-state index contributed by atoms with van der Waals surface area (Å²) in [5.41, 5.74) is -0.373. The molecule has 1 saturated heterocycles. The van der Waals surface area contributed by atoms with Crippen molar-refractivity contribution >= 4 is 24.3 Å². The van der Waals surface area contributed by atoms with Crippen molar-refractivity contribution in [3.63, 3.8) is 0 Å². The molecular formula is C9H17ClN2O3. The molecule has 0 spiro atoms. The van der Waals surface area contributed by atoms with Crippen LogP contribution in [-0.2, 0) is 14.3 Å². The van der Waals surface area contributed by atoms with E-state index in [4.69, 9.17) is 0 Å². The Hall–Kier alpha value is -0.810. The lowest BCUT2D eigenvalue weighted by Crippen LogP contribution is -2.61. The van der Waals surface area contributed by atoms with Gasteiger partial charge in [-0.2, -0.15) is 0 Å². The summed E-state index contributed by atoms with van der Waals surface area (Å²) in [6.45, 7) is 4.79. The summed E-state index contributed by atoms with van der Waals surface area (Å²) in [5, 5.41) is 5.64. The molecule has 88 valence electrons. The van der Waals surface area contributed by atoms with Gasteiger partial charge in [0.25, 0.3) is 0 Å². The fourth-order valence-corrected chi connectivity index (χ4v) is 1.27. The average Bonchev–Trinajstić information content (AvgIpc) is 2.12. The van der Waals surface area contributed by atoms with Crippen molar-refractivity contribution in [1.29, 1.82) is 0 Å². The van der Waals surface area contributed by atoms with Crippen LogP contribution in [0, 0.1) is 5.41 Å². The molecule has 1 aliphatic rings. The first-order valence-electron chi connectivity index (χ1n) is 4.59. The van der Waals surface area contributed by atoms with Gasteiger partial charge in [0.05, 0.1) is 12.5 Å². The number of halogens is 1. The van der Waals surface area contributed by atoms with Crippen LogP contribution in [0.3, 0.4) is 0 Å². The zero-order valence-electron chi connectivity index (χ0n) is 9.12. The van der Waals surface area contributed by atoms with Gasteiger partial charge in [-0.15, -0.1) is 12.4 Å². The molecule has 0 aromatic rings. The molecule has 0 radical (unpaired) electrons. The molecule has 0 saturated carbocycles. The third-order valence-corrected chi connectivity index (χ3v) is 2.48. The van der Waals surface area contributed by atoms with E-state index in [1.54, 1.807) is 6.92 Å². The summed E-state index contributed by atoms with van der Waals surface area (Å²) in [4.78, 5) is 22.6. The monoisotopic (exact) mass is 236 g/mol. The van der Waals surface area contributed by atoms with Gasteiger partial charge >= 0.3 is 5.97 Å². The first-order chi connectivity index (χ1) is 6.49. The number of hydrogen-bond donors (Lipinski definition) is 2. The molecular weight excluding hydrogens is 220 g/mol. The van der Waals surface area contributed by atoms with Crippen LogP contribution in [0.4, 0.5) is 0 Å². The lowest BCUT2D eigenvalue weighted by molar-refractivity contribution is -0.146. The van der Waals surface area contributed by atoms with Crippen molar-refractivity contribution in [2.45, 2.75) is 19.9 Å². The van der Waals surface area contributed by atoms with Crippen LogP contribution >= 0.6 is 12.4 Å². The molecule has 1 heterocycles. The van der Waals surface area contributed by atoms with Crippen molar-refractivity contribution in [2.24, 2.45) is 5.41 Å². The van der Waals surface area contributed by atoms with E-state index in [0.29, 0.717) is 13.1 Å². The predicted octanol–water partition coefficient (Wildman–Crippen LogP) is -0.305. The van der Waals surface area contributed by atoms with E-state index in [-0.39, 0.29) is 23.7 Å². The maximum absolute atomic E-state index is 11.6. The Morgan fingerprint density at radius 2 is 2.00 bits per heavy atom. The third-order valence-electron chi connectivity index (χ3n) is 2.48. The lowest BCUT2D eigenvalue weighted by Gasteiger charge is -2.38. The van der Waals surface area contributed by atoms with Crippen molar-refractivity contribution in [2.75, 3.05) is 20.2 Å². The SMILES string of the molecule is COC(=O)[C@@H](C)NC(=O)C1(C)CNC1.Cl. The van der Waals surface area contributed by atoms with Crippen molar-refractivity contribution in [1.82, 2.24) is 10.6 Å². The smallest absolute Gasteiger partial charge is 0.328 e. The van der Waals surface area contributed by atoms with Gasteiger partial charge in [0, 0.05) is 13.1 Å². The topological polar surface area (TPSA) is 67.4 Å². The van der Waals surface area contributed by atoms with Crippen LogP contribution < -0.4 is 10.6 Å². The molecule has 1 rings (SSSR count). The summed E-state index contributed by atoms with van der Waals surface area (Å²) in [6, 6.07) is -0.579. The van der Waals surface area contributed by atoms with E-state index in [0.717, 1.165) is 0 Å². The van der Waals surface area contributed by atoms with Gasteiger partial charge in [-0.1, -0.05) is 0 Å². The van der Waals surface area contributed by atoms with Crippen molar-refractivity contribution in [3.05, 3.63) is 0 Å². The fourth-order valence-electron chi connectivity index (χ4n) is 1.27. The van der Waals surface area contributed by atoms with Crippen LogP contribution in [0.1, 0.15) is 13.8 Å². The highest BCUT2D eigenvalue weighted by molar-refractivity contribution is 5.88. The minimum absolute atomic E-state index is 0. The van der Waals surface area contributed by atoms with Gasteiger partial charge in [0.1, 0.15) is 6.04 Å². The van der Waals surface area contributed by atoms with Crippen LogP contribution in [0.2, 0.25) is 0 Å². The molecule has 0 aliphatic carbocycles. The summed E-state index contributed by atoms with van der Waals surface area (Å²) in [7, 11) is 1.30. The first-order valence-corrected chi connectivity index (χ1v) is 4.59. The Morgan fingerprint density at radius 1 is 1.47 bits per heavy atom. The molecule has 0 aromatic heterocycles. The van der Waals surface area contributed by atoms with Crippen LogP contribution in [-0.4, -0.2) is 38.1 Å². The molecule has 6 heteroatoms. The predicted molar refractivity (Wildman–Crippen MR) is 57.8 cm³/mol. The summed E-state index contributed by atoms with van der Waals surface area (Å²) in [6.07, 6.45) is 0. The number of rotatable bonds is 3. The number of methoxy groups -OCH3 is 1. The Balaban J connectivity index is 0.00000196. The fraction of sp³-hybridized carbons (Fsp3) is 0.778. The summed E-state index contributed by atoms with van der Waals surface area (Å²) in [5.74, 6) is -0.525. The van der Waals surface area contributed by atoms with Gasteiger partial charge in [0.2, 0.25) is 5.91 Å². The highest BCUT2D eigenvalue weighted by Gasteiger charge is 2.40. The Morgan fingerprint density at radius 3 is 2.33 bits per heavy atom. The van der Waals surface area contributed by atoms with Gasteiger partial charge < -0.3 is 15.4 Å². The molecule has 5 nitrogen and oxygen atoms in total. The summed E-state index contributed by atoms with van der Waals surface area (Å²) >= 11 is 0. The second-order valence-corrected chi connectivity index (χ2v) is 3.88. The molecule has 1 fully saturated rings. The van der Waals surface area contributed by atoms with E-state index in [9.17, 15) is 9.59 Å². The van der Waals surface area contributed by atoms with Crippen molar-refractivity contribution in [3.8, 4) is 0 Å². The Bertz CT molecular complexity index is 254. The molecule has 0 bridgehead atoms. The normalized spacial score (nSPS) is 19.1. The lowest BCUT2D eigenvalue weighted by atomic mass is 9.83. The number of carbonyl (C=O) groups is 2. The number of amides is 1. The quantitative estimate of drug-likeness (QED) is 0.660. The number of nitrogens with one attached hydrogen (secondary N) is 2. The van der Waals surface area contributed by atoms with Gasteiger partial charge in [-0.05, 0) is 13.8 Å². The first kappa shape index (κ1) is 14.2. The van der Waals surface area contributed by atoms with E-state index in [1.165, 1.54) is 7.11 Å². The van der Waals surface area contributed by atoms with Crippen molar-refractivity contribution < 1.29 is 14.3 Å². The van der Waals surface area contributed by atoms with E-state index < -0.39 is 12.0 Å². The Labute approximate surface area is 95.3 Å². The maximum Gasteiger partial charge on any atom is 0.328 e. The highest BCUT2D eigenvalue weighted by Crippen LogP contribution is 2.21. The van der Waals surface area contributed by atoms with Gasteiger partial charge in [0.15, 0.2) is 0 Å². The van der Waals surface area contributed by atoms with Gasteiger partial charge in [-0.25, -0.2) is 4.79 Å². The number of ether oxygens (including phenoxy) is 1. The molecule has 0 unspecified atom stereocenters. The standard InChI is InChI=1S/C9H16N2O3.ClH/c1-6(7(12)14-3)11-8(13)9(2)4-10-5-9;/h6,10H,4-5H2,1-3H3,(H,11,13);1H/t6-;/m1./s1. The third kappa shape index (κ3) is 3.07. The Kier molecular flexibility index (Phi) is 5.03. The minimum atomic E-state index is -0.579. The molecule has 1 atom stereocenters. The zero-order chi connectivity index (χ0) is 10.8. The largest absolute Gasteiger partial charge is 0.467 e. The summed E-state index contributed by atoms with van der Waals surface area (Å²) < 4.78 is 4.51. The van der Waals surface area contributed by atoms with Crippen LogP contribution in [0.25, 0.3) is 0 Å². The molecule has 2 N–H and O–H groups in total.